The smallest absolute Gasteiger partial charge is 0.142 e. The molecule has 1 aromatic heterocycles. The number of benzene rings is 3. The number of fused-ring (bicyclic) bond motifs is 1. The zero-order chi connectivity index (χ0) is 28.1. The Bertz CT molecular complexity index is 1550. The summed E-state index contributed by atoms with van der Waals surface area (Å²) in [6.07, 6.45) is 4.86. The number of pyridine rings is 1. The maximum absolute atomic E-state index is 9.45. The van der Waals surface area contributed by atoms with Crippen molar-refractivity contribution in [2.45, 2.75) is 52.0 Å². The molecule has 0 radical (unpaired) electrons. The third kappa shape index (κ3) is 6.29. The second kappa shape index (κ2) is 12.5. The van der Waals surface area contributed by atoms with Gasteiger partial charge < -0.3 is 19.9 Å². The molecule has 3 aromatic carbocycles. The first-order valence-corrected chi connectivity index (χ1v) is 13.8. The fraction of sp³-hybridized carbons (Fsp3) is 0.273. The van der Waals surface area contributed by atoms with Gasteiger partial charge in [-0.05, 0) is 61.1 Å². The molecule has 7 heteroatoms. The van der Waals surface area contributed by atoms with E-state index in [0.717, 1.165) is 24.0 Å². The molecule has 0 saturated heterocycles. The number of nitriles is 1. The van der Waals surface area contributed by atoms with E-state index in [1.54, 1.807) is 12.3 Å². The molecule has 2 N–H and O–H groups in total. The molecule has 1 heterocycles. The van der Waals surface area contributed by atoms with Crippen molar-refractivity contribution >= 4 is 11.6 Å². The lowest BCUT2D eigenvalue weighted by Crippen LogP contribution is -2.28. The zero-order valence-electron chi connectivity index (χ0n) is 22.7. The molecule has 6 nitrogen and oxygen atoms in total. The summed E-state index contributed by atoms with van der Waals surface area (Å²) in [5, 5.41) is 22.4. The molecule has 0 amide bonds. The van der Waals surface area contributed by atoms with Crippen LogP contribution < -0.4 is 14.8 Å². The van der Waals surface area contributed by atoms with Crippen LogP contribution in [0.5, 0.6) is 11.5 Å². The highest BCUT2D eigenvalue weighted by atomic mass is 35.5. The normalized spacial score (nSPS) is 14.8. The Balaban J connectivity index is 1.41. The van der Waals surface area contributed by atoms with Crippen LogP contribution in [0.3, 0.4) is 0 Å². The van der Waals surface area contributed by atoms with Gasteiger partial charge in [-0.1, -0.05) is 59.6 Å². The van der Waals surface area contributed by atoms with Crippen LogP contribution in [-0.4, -0.2) is 22.7 Å². The number of aliphatic hydroxyl groups is 1. The van der Waals surface area contributed by atoms with Crippen LogP contribution in [0.2, 0.25) is 5.02 Å². The largest absolute Gasteiger partial charge is 0.488 e. The molecule has 1 aliphatic carbocycles. The number of ether oxygens (including phenoxy) is 2. The highest BCUT2D eigenvalue weighted by molar-refractivity contribution is 6.32. The van der Waals surface area contributed by atoms with E-state index in [-0.39, 0.29) is 25.4 Å². The molecule has 40 heavy (non-hydrogen) atoms. The van der Waals surface area contributed by atoms with E-state index in [1.807, 2.05) is 19.1 Å². The number of halogens is 1. The third-order valence-corrected chi connectivity index (χ3v) is 7.46. The molecular formula is C33H32ClN3O3. The molecule has 1 aliphatic rings. The Morgan fingerprint density at radius 1 is 1.12 bits per heavy atom. The van der Waals surface area contributed by atoms with Gasteiger partial charge in [-0.2, -0.15) is 5.26 Å². The van der Waals surface area contributed by atoms with E-state index >= 15 is 0 Å². The summed E-state index contributed by atoms with van der Waals surface area (Å²) in [6.45, 7) is 4.73. The average molecular weight is 554 g/mol. The Morgan fingerprint density at radius 3 is 2.77 bits per heavy atom. The maximum Gasteiger partial charge on any atom is 0.142 e. The van der Waals surface area contributed by atoms with Crippen molar-refractivity contribution in [3.8, 4) is 28.7 Å². The van der Waals surface area contributed by atoms with E-state index < -0.39 is 0 Å². The predicted molar refractivity (Wildman–Crippen MR) is 156 cm³/mol. The van der Waals surface area contributed by atoms with Crippen LogP contribution in [0.4, 0.5) is 0 Å². The highest BCUT2D eigenvalue weighted by Gasteiger charge is 2.27. The minimum atomic E-state index is -0.125. The summed E-state index contributed by atoms with van der Waals surface area (Å²) < 4.78 is 12.8. The predicted octanol–water partition coefficient (Wildman–Crippen LogP) is 6.70. The van der Waals surface area contributed by atoms with Gasteiger partial charge in [0.1, 0.15) is 30.3 Å². The number of hydrogen-bond acceptors (Lipinski definition) is 6. The molecule has 0 bridgehead atoms. The van der Waals surface area contributed by atoms with Crippen molar-refractivity contribution in [1.82, 2.24) is 10.3 Å². The van der Waals surface area contributed by atoms with Gasteiger partial charge in [0.25, 0.3) is 0 Å². The van der Waals surface area contributed by atoms with Gasteiger partial charge in [-0.25, -0.2) is 0 Å². The van der Waals surface area contributed by atoms with Gasteiger partial charge in [-0.3, -0.25) is 4.98 Å². The number of aryl methyl sites for hydroxylation is 1. The fourth-order valence-corrected chi connectivity index (χ4v) is 5.28. The minimum Gasteiger partial charge on any atom is -0.488 e. The van der Waals surface area contributed by atoms with Crippen molar-refractivity contribution in [3.05, 3.63) is 111 Å². The van der Waals surface area contributed by atoms with Crippen molar-refractivity contribution in [2.24, 2.45) is 0 Å². The molecule has 0 unspecified atom stereocenters. The molecule has 0 saturated carbocycles. The lowest BCUT2D eigenvalue weighted by atomic mass is 9.96. The molecular weight excluding hydrogens is 522 g/mol. The van der Waals surface area contributed by atoms with Crippen molar-refractivity contribution in [3.63, 3.8) is 0 Å². The summed E-state index contributed by atoms with van der Waals surface area (Å²) in [7, 11) is 0. The van der Waals surface area contributed by atoms with Crippen LogP contribution in [-0.2, 0) is 19.6 Å². The summed E-state index contributed by atoms with van der Waals surface area (Å²) in [5.74, 6) is 1.17. The minimum absolute atomic E-state index is 0.0172. The Kier molecular flexibility index (Phi) is 8.66. The Labute approximate surface area is 240 Å². The molecule has 0 fully saturated rings. The lowest BCUT2D eigenvalue weighted by Gasteiger charge is -2.20. The Hall–Kier alpha value is -3.89. The lowest BCUT2D eigenvalue weighted by molar-refractivity contribution is 0.205. The zero-order valence-corrected chi connectivity index (χ0v) is 23.4. The monoisotopic (exact) mass is 553 g/mol. The van der Waals surface area contributed by atoms with E-state index in [0.29, 0.717) is 28.6 Å². The third-order valence-electron chi connectivity index (χ3n) is 7.16. The van der Waals surface area contributed by atoms with Crippen molar-refractivity contribution in [1.29, 1.82) is 5.26 Å². The van der Waals surface area contributed by atoms with Crippen molar-refractivity contribution in [2.75, 3.05) is 6.61 Å². The van der Waals surface area contributed by atoms with Gasteiger partial charge in [-0.15, -0.1) is 0 Å². The number of aliphatic hydroxyl groups excluding tert-OH is 1. The first kappa shape index (κ1) is 27.7. The highest BCUT2D eigenvalue weighted by Crippen LogP contribution is 2.43. The molecule has 204 valence electrons. The fourth-order valence-electron chi connectivity index (χ4n) is 5.05. The first-order valence-electron chi connectivity index (χ1n) is 13.4. The van der Waals surface area contributed by atoms with Crippen LogP contribution in [0.25, 0.3) is 11.1 Å². The molecule has 4 aromatic rings. The number of nitrogens with zero attached hydrogens (tertiary/aromatic N) is 2. The molecule has 5 rings (SSSR count). The van der Waals surface area contributed by atoms with E-state index in [1.165, 1.54) is 34.0 Å². The van der Waals surface area contributed by atoms with E-state index in [9.17, 15) is 10.4 Å². The second-order valence-corrected chi connectivity index (χ2v) is 10.6. The first-order chi connectivity index (χ1) is 19.4. The van der Waals surface area contributed by atoms with Crippen LogP contribution >= 0.6 is 11.6 Å². The van der Waals surface area contributed by atoms with Gasteiger partial charge in [0, 0.05) is 42.2 Å². The number of aromatic nitrogens is 1. The summed E-state index contributed by atoms with van der Waals surface area (Å²) in [4.78, 5) is 4.13. The van der Waals surface area contributed by atoms with Crippen molar-refractivity contribution < 1.29 is 14.6 Å². The van der Waals surface area contributed by atoms with Crippen LogP contribution in [0.15, 0.2) is 73.1 Å². The standard InChI is InChI=1S/C33H32ClN3O3/c1-21-5-3-6-25(11-21)27-7-4-8-29-28(27)9-10-31(29)40-33-14-32(26(13-30(33)34)18-37-22(2)19-38)39-20-24-12-23(15-35)16-36-17-24/h3-8,11-14,16-17,22,31,37-38H,9-10,18-20H2,1-2H3/t22-,31+/m1/s1. The topological polar surface area (TPSA) is 87.4 Å². The van der Waals surface area contributed by atoms with E-state index in [4.69, 9.17) is 21.1 Å². The number of hydrogen-bond donors (Lipinski definition) is 2. The SMILES string of the molecule is Cc1cccc(-c2cccc3c2CC[C@@H]3Oc2cc(OCc3cncc(C#N)c3)c(CN[C@H](C)CO)cc2Cl)c1. The number of nitrogens with one attached hydrogen (secondary N) is 1. The molecule has 2 atom stereocenters. The van der Waals surface area contributed by atoms with E-state index in [2.05, 4.69) is 65.8 Å². The Morgan fingerprint density at radius 2 is 1.98 bits per heavy atom. The quantitative estimate of drug-likeness (QED) is 0.227. The second-order valence-electron chi connectivity index (χ2n) is 10.2. The van der Waals surface area contributed by atoms with Crippen LogP contribution in [0.1, 0.15) is 52.8 Å². The summed E-state index contributed by atoms with van der Waals surface area (Å²) >= 11 is 6.75. The van der Waals surface area contributed by atoms with Crippen LogP contribution in [0, 0.1) is 18.3 Å². The summed E-state index contributed by atoms with van der Waals surface area (Å²) in [6, 6.07) is 22.5. The van der Waals surface area contributed by atoms with Gasteiger partial charge >= 0.3 is 0 Å². The number of rotatable bonds is 10. The average Bonchev–Trinajstić information content (AvgIpc) is 3.39. The van der Waals surface area contributed by atoms with Gasteiger partial charge in [0.2, 0.25) is 0 Å². The molecule has 0 spiro atoms. The van der Waals surface area contributed by atoms with Gasteiger partial charge in [0.05, 0.1) is 17.2 Å². The maximum atomic E-state index is 9.45. The molecule has 0 aliphatic heterocycles. The van der Waals surface area contributed by atoms with Gasteiger partial charge in [0.15, 0.2) is 0 Å². The summed E-state index contributed by atoms with van der Waals surface area (Å²) in [5.41, 5.74) is 8.30.